The lowest BCUT2D eigenvalue weighted by Crippen LogP contribution is -2.55. The van der Waals surface area contributed by atoms with Gasteiger partial charge >= 0.3 is 0 Å². The van der Waals surface area contributed by atoms with Gasteiger partial charge in [-0.25, -0.2) is 0 Å². The average Bonchev–Trinajstić information content (AvgIpc) is 2.88. The molecule has 0 saturated carbocycles. The fourth-order valence-corrected chi connectivity index (χ4v) is 4.67. The summed E-state index contributed by atoms with van der Waals surface area (Å²) in [6, 6.07) is 21.7. The smallest absolute Gasteiger partial charge is 0.267 e. The first-order valence-electron chi connectivity index (χ1n) is 11.7. The first kappa shape index (κ1) is 22.2. The average molecular weight is 460 g/mol. The number of hydrogen-bond acceptors (Lipinski definition) is 5. The second kappa shape index (κ2) is 9.73. The highest BCUT2D eigenvalue weighted by Crippen LogP contribution is 2.31. The van der Waals surface area contributed by atoms with Gasteiger partial charge in [-0.15, -0.1) is 0 Å². The van der Waals surface area contributed by atoms with Crippen molar-refractivity contribution in [3.8, 4) is 11.5 Å². The van der Waals surface area contributed by atoms with Gasteiger partial charge in [0.2, 0.25) is 12.0 Å². The molecule has 0 spiro atoms. The van der Waals surface area contributed by atoms with Gasteiger partial charge in [-0.2, -0.15) is 0 Å². The van der Waals surface area contributed by atoms with E-state index < -0.39 is 6.10 Å². The van der Waals surface area contributed by atoms with Gasteiger partial charge in [-0.3, -0.25) is 14.5 Å². The van der Waals surface area contributed by atoms with Gasteiger partial charge in [0.1, 0.15) is 6.61 Å². The lowest BCUT2D eigenvalue weighted by molar-refractivity contribution is -0.143. The first-order valence-corrected chi connectivity index (χ1v) is 11.7. The van der Waals surface area contributed by atoms with Crippen molar-refractivity contribution in [1.82, 2.24) is 15.1 Å². The predicted octanol–water partition coefficient (Wildman–Crippen LogP) is 3.00. The Kier molecular flexibility index (Phi) is 6.36. The molecule has 0 radical (unpaired) electrons. The Hall–Kier alpha value is -3.58. The standard InChI is InChI=1S/C27H29N3O4/c1-19(21-10-6-8-20-7-2-3-9-22(20)21)28-26(31)17-29-13-15-30(16-14-29)27(32)25-18-33-23-11-4-5-12-24(23)34-25/h2-12,19,25H,13-18H2,1H3,(H,28,31)/t19-,25+/m1/s1. The summed E-state index contributed by atoms with van der Waals surface area (Å²) in [6.07, 6.45) is -0.633. The molecule has 1 saturated heterocycles. The Morgan fingerprint density at radius 2 is 1.65 bits per heavy atom. The van der Waals surface area contributed by atoms with Crippen LogP contribution in [0.5, 0.6) is 11.5 Å². The molecule has 1 fully saturated rings. The minimum atomic E-state index is -0.633. The zero-order valence-electron chi connectivity index (χ0n) is 19.3. The van der Waals surface area contributed by atoms with E-state index >= 15 is 0 Å². The zero-order valence-corrected chi connectivity index (χ0v) is 19.3. The number of ether oxygens (including phenoxy) is 2. The summed E-state index contributed by atoms with van der Waals surface area (Å²) in [7, 11) is 0. The SMILES string of the molecule is C[C@@H](NC(=O)CN1CCN(C(=O)[C@@H]2COc3ccccc3O2)CC1)c1cccc2ccccc12. The molecule has 2 amide bonds. The van der Waals surface area contributed by atoms with E-state index in [1.54, 1.807) is 4.90 Å². The van der Waals surface area contributed by atoms with Crippen molar-refractivity contribution in [2.45, 2.75) is 19.1 Å². The summed E-state index contributed by atoms with van der Waals surface area (Å²) in [5.74, 6) is 1.19. The minimum Gasteiger partial charge on any atom is -0.485 e. The summed E-state index contributed by atoms with van der Waals surface area (Å²) >= 11 is 0. The molecule has 0 bridgehead atoms. The molecular formula is C27H29N3O4. The number of para-hydroxylation sites is 2. The van der Waals surface area contributed by atoms with Gasteiger partial charge in [0.15, 0.2) is 11.5 Å². The molecule has 34 heavy (non-hydrogen) atoms. The largest absolute Gasteiger partial charge is 0.485 e. The molecule has 7 nitrogen and oxygen atoms in total. The maximum Gasteiger partial charge on any atom is 0.267 e. The number of carbonyl (C=O) groups excluding carboxylic acids is 2. The van der Waals surface area contributed by atoms with E-state index in [-0.39, 0.29) is 24.5 Å². The van der Waals surface area contributed by atoms with Crippen molar-refractivity contribution in [2.75, 3.05) is 39.3 Å². The summed E-state index contributed by atoms with van der Waals surface area (Å²) < 4.78 is 11.5. The summed E-state index contributed by atoms with van der Waals surface area (Å²) in [5.41, 5.74) is 1.11. The second-order valence-corrected chi connectivity index (χ2v) is 8.82. The molecule has 0 aliphatic carbocycles. The van der Waals surface area contributed by atoms with Crippen molar-refractivity contribution < 1.29 is 19.1 Å². The Balaban J connectivity index is 1.11. The van der Waals surface area contributed by atoms with E-state index in [1.165, 1.54) is 0 Å². The van der Waals surface area contributed by atoms with Gasteiger partial charge in [-0.1, -0.05) is 54.6 Å². The number of carbonyl (C=O) groups is 2. The Labute approximate surface area is 199 Å². The van der Waals surface area contributed by atoms with Crippen LogP contribution in [0.3, 0.4) is 0 Å². The highest BCUT2D eigenvalue weighted by atomic mass is 16.6. The minimum absolute atomic E-state index is 0.0131. The zero-order chi connectivity index (χ0) is 23.5. The topological polar surface area (TPSA) is 71.1 Å². The molecule has 0 aromatic heterocycles. The Morgan fingerprint density at radius 3 is 2.47 bits per heavy atom. The number of piperazine rings is 1. The number of rotatable bonds is 5. The quantitative estimate of drug-likeness (QED) is 0.635. The maximum atomic E-state index is 12.9. The van der Waals surface area contributed by atoms with Gasteiger partial charge in [-0.05, 0) is 35.4 Å². The van der Waals surface area contributed by atoms with Crippen LogP contribution >= 0.6 is 0 Å². The number of hydrogen-bond donors (Lipinski definition) is 1. The van der Waals surface area contributed by atoms with Gasteiger partial charge in [0, 0.05) is 26.2 Å². The number of fused-ring (bicyclic) bond motifs is 2. The first-order chi connectivity index (χ1) is 16.6. The number of amides is 2. The lowest BCUT2D eigenvalue weighted by atomic mass is 10.00. The molecule has 2 aliphatic rings. The Bertz CT molecular complexity index is 1180. The van der Waals surface area contributed by atoms with E-state index in [4.69, 9.17) is 9.47 Å². The van der Waals surface area contributed by atoms with Crippen LogP contribution in [0.25, 0.3) is 10.8 Å². The van der Waals surface area contributed by atoms with E-state index in [0.29, 0.717) is 44.2 Å². The highest BCUT2D eigenvalue weighted by Gasteiger charge is 2.33. The molecule has 176 valence electrons. The fourth-order valence-electron chi connectivity index (χ4n) is 4.67. The molecule has 2 aliphatic heterocycles. The normalized spacial score (nSPS) is 19.0. The second-order valence-electron chi connectivity index (χ2n) is 8.82. The van der Waals surface area contributed by atoms with Crippen LogP contribution in [0.2, 0.25) is 0 Å². The van der Waals surface area contributed by atoms with Crippen molar-refractivity contribution in [2.24, 2.45) is 0 Å². The van der Waals surface area contributed by atoms with Crippen LogP contribution in [-0.2, 0) is 9.59 Å². The van der Waals surface area contributed by atoms with E-state index in [2.05, 4.69) is 34.5 Å². The Morgan fingerprint density at radius 1 is 0.941 bits per heavy atom. The van der Waals surface area contributed by atoms with E-state index in [0.717, 1.165) is 16.3 Å². The maximum absolute atomic E-state index is 12.9. The van der Waals surface area contributed by atoms with Gasteiger partial charge < -0.3 is 19.7 Å². The van der Waals surface area contributed by atoms with E-state index in [9.17, 15) is 9.59 Å². The van der Waals surface area contributed by atoms with Gasteiger partial charge in [0.05, 0.1) is 12.6 Å². The number of nitrogens with zero attached hydrogens (tertiary/aromatic N) is 2. The third-order valence-electron chi connectivity index (χ3n) is 6.50. The molecule has 2 heterocycles. The number of nitrogens with one attached hydrogen (secondary N) is 1. The van der Waals surface area contributed by atoms with Crippen molar-refractivity contribution in [1.29, 1.82) is 0 Å². The van der Waals surface area contributed by atoms with Crippen LogP contribution in [0.4, 0.5) is 0 Å². The van der Waals surface area contributed by atoms with Crippen LogP contribution in [0.1, 0.15) is 18.5 Å². The lowest BCUT2D eigenvalue weighted by Gasteiger charge is -2.37. The molecule has 2 atom stereocenters. The number of benzene rings is 3. The molecule has 3 aromatic carbocycles. The molecule has 0 unspecified atom stereocenters. The van der Waals surface area contributed by atoms with Crippen LogP contribution in [0.15, 0.2) is 66.7 Å². The van der Waals surface area contributed by atoms with Crippen LogP contribution in [-0.4, -0.2) is 67.0 Å². The predicted molar refractivity (Wildman–Crippen MR) is 130 cm³/mol. The molecule has 7 heteroatoms. The summed E-state index contributed by atoms with van der Waals surface area (Å²) in [4.78, 5) is 29.6. The van der Waals surface area contributed by atoms with E-state index in [1.807, 2.05) is 49.4 Å². The fraction of sp³-hybridized carbons (Fsp3) is 0.333. The van der Waals surface area contributed by atoms with Crippen molar-refractivity contribution >= 4 is 22.6 Å². The third-order valence-corrected chi connectivity index (χ3v) is 6.50. The molecule has 5 rings (SSSR count). The highest BCUT2D eigenvalue weighted by molar-refractivity contribution is 5.87. The third kappa shape index (κ3) is 4.70. The monoisotopic (exact) mass is 459 g/mol. The molecule has 3 aromatic rings. The summed E-state index contributed by atoms with van der Waals surface area (Å²) in [5, 5.41) is 5.45. The molecular weight excluding hydrogens is 430 g/mol. The van der Waals surface area contributed by atoms with Crippen LogP contribution < -0.4 is 14.8 Å². The van der Waals surface area contributed by atoms with Crippen molar-refractivity contribution in [3.63, 3.8) is 0 Å². The van der Waals surface area contributed by atoms with Gasteiger partial charge in [0.25, 0.3) is 5.91 Å². The van der Waals surface area contributed by atoms with Crippen LogP contribution in [0, 0.1) is 0 Å². The molecule has 1 N–H and O–H groups in total. The summed E-state index contributed by atoms with van der Waals surface area (Å²) in [6.45, 7) is 4.95. The van der Waals surface area contributed by atoms with Crippen molar-refractivity contribution in [3.05, 3.63) is 72.3 Å².